The van der Waals surface area contributed by atoms with Crippen molar-refractivity contribution in [1.82, 2.24) is 19.9 Å². The molecule has 1 saturated heterocycles. The number of hydrogen-bond donors (Lipinski definition) is 1. The van der Waals surface area contributed by atoms with Crippen LogP contribution in [0.3, 0.4) is 0 Å². The van der Waals surface area contributed by atoms with Crippen LogP contribution in [-0.2, 0) is 4.74 Å². The van der Waals surface area contributed by atoms with Crippen LogP contribution in [0.25, 0.3) is 0 Å². The minimum absolute atomic E-state index is 0.0941. The third-order valence-corrected chi connectivity index (χ3v) is 4.20. The van der Waals surface area contributed by atoms with Gasteiger partial charge in [-0.15, -0.1) is 0 Å². The largest absolute Gasteiger partial charge is 0.450 e. The standard InChI is InChI=1S/C18H21N5O5/c1-3-27-18(26)23-8-6-22(7-9-23)17(25)13-4-5-19-14(11-13)16(24)20-15-10-12(2)28-21-15/h4-5,10-11H,3,6-9H2,1-2H3,(H,20,21,24). The predicted molar refractivity (Wildman–Crippen MR) is 97.9 cm³/mol. The van der Waals surface area contributed by atoms with Gasteiger partial charge in [0.25, 0.3) is 11.8 Å². The number of ether oxygens (including phenoxy) is 1. The first kappa shape index (κ1) is 19.3. The summed E-state index contributed by atoms with van der Waals surface area (Å²) in [6.45, 7) is 5.34. The van der Waals surface area contributed by atoms with Gasteiger partial charge >= 0.3 is 6.09 Å². The second-order valence-corrected chi connectivity index (χ2v) is 6.18. The summed E-state index contributed by atoms with van der Waals surface area (Å²) >= 11 is 0. The monoisotopic (exact) mass is 387 g/mol. The summed E-state index contributed by atoms with van der Waals surface area (Å²) in [5, 5.41) is 6.26. The summed E-state index contributed by atoms with van der Waals surface area (Å²) in [6, 6.07) is 4.56. The number of nitrogens with zero attached hydrogens (tertiary/aromatic N) is 4. The van der Waals surface area contributed by atoms with Crippen molar-refractivity contribution in [2.45, 2.75) is 13.8 Å². The topological polar surface area (TPSA) is 118 Å². The van der Waals surface area contributed by atoms with Crippen LogP contribution in [0.2, 0.25) is 0 Å². The Hall–Kier alpha value is -3.43. The lowest BCUT2D eigenvalue weighted by Crippen LogP contribution is -2.50. The summed E-state index contributed by atoms with van der Waals surface area (Å²) in [5.41, 5.74) is 0.442. The maximum Gasteiger partial charge on any atom is 0.409 e. The zero-order chi connectivity index (χ0) is 20.1. The van der Waals surface area contributed by atoms with Gasteiger partial charge in [0.05, 0.1) is 6.61 Å². The Balaban J connectivity index is 1.62. The van der Waals surface area contributed by atoms with Crippen molar-refractivity contribution in [2.24, 2.45) is 0 Å². The van der Waals surface area contributed by atoms with Crippen LogP contribution in [0.1, 0.15) is 33.5 Å². The van der Waals surface area contributed by atoms with Crippen LogP contribution in [-0.4, -0.2) is 70.6 Å². The molecule has 0 aliphatic carbocycles. The fourth-order valence-corrected chi connectivity index (χ4v) is 2.78. The summed E-state index contributed by atoms with van der Waals surface area (Å²) in [7, 11) is 0. The van der Waals surface area contributed by atoms with E-state index in [1.54, 1.807) is 35.8 Å². The third-order valence-electron chi connectivity index (χ3n) is 4.20. The van der Waals surface area contributed by atoms with Gasteiger partial charge in [0.2, 0.25) is 0 Å². The molecule has 3 rings (SSSR count). The Morgan fingerprint density at radius 2 is 1.89 bits per heavy atom. The van der Waals surface area contributed by atoms with Crippen LogP contribution in [0, 0.1) is 6.92 Å². The summed E-state index contributed by atoms with van der Waals surface area (Å²) in [4.78, 5) is 44.0. The Labute approximate surface area is 161 Å². The molecule has 0 atom stereocenters. The highest BCUT2D eigenvalue weighted by Crippen LogP contribution is 2.13. The van der Waals surface area contributed by atoms with Crippen molar-refractivity contribution in [3.63, 3.8) is 0 Å². The molecule has 10 nitrogen and oxygen atoms in total. The Bertz CT molecular complexity index is 873. The fraction of sp³-hybridized carbons (Fsp3) is 0.389. The second-order valence-electron chi connectivity index (χ2n) is 6.18. The van der Waals surface area contributed by atoms with E-state index >= 15 is 0 Å². The Kier molecular flexibility index (Phi) is 5.87. The minimum Gasteiger partial charge on any atom is -0.450 e. The molecule has 1 fully saturated rings. The van der Waals surface area contributed by atoms with E-state index in [0.717, 1.165) is 0 Å². The molecule has 0 bridgehead atoms. The first-order valence-corrected chi connectivity index (χ1v) is 8.89. The average molecular weight is 387 g/mol. The first-order valence-electron chi connectivity index (χ1n) is 8.89. The van der Waals surface area contributed by atoms with E-state index in [2.05, 4.69) is 15.5 Å². The number of piperazine rings is 1. The van der Waals surface area contributed by atoms with E-state index in [0.29, 0.717) is 44.1 Å². The van der Waals surface area contributed by atoms with Crippen LogP contribution in [0.5, 0.6) is 0 Å². The smallest absolute Gasteiger partial charge is 0.409 e. The third kappa shape index (κ3) is 4.45. The zero-order valence-electron chi connectivity index (χ0n) is 15.7. The van der Waals surface area contributed by atoms with Crippen molar-refractivity contribution < 1.29 is 23.6 Å². The van der Waals surface area contributed by atoms with Gasteiger partial charge in [0.15, 0.2) is 5.82 Å². The second kappa shape index (κ2) is 8.51. The molecule has 28 heavy (non-hydrogen) atoms. The number of nitrogens with one attached hydrogen (secondary N) is 1. The minimum atomic E-state index is -0.491. The van der Waals surface area contributed by atoms with Gasteiger partial charge in [0, 0.05) is 44.0 Å². The number of carbonyl (C=O) groups excluding carboxylic acids is 3. The highest BCUT2D eigenvalue weighted by atomic mass is 16.6. The van der Waals surface area contributed by atoms with Crippen molar-refractivity contribution in [2.75, 3.05) is 38.1 Å². The number of pyridine rings is 1. The molecule has 1 aliphatic rings. The molecular weight excluding hydrogens is 366 g/mol. The predicted octanol–water partition coefficient (Wildman–Crippen LogP) is 1.54. The molecule has 0 saturated carbocycles. The van der Waals surface area contributed by atoms with E-state index in [1.165, 1.54) is 12.3 Å². The normalized spacial score (nSPS) is 13.9. The summed E-state index contributed by atoms with van der Waals surface area (Å²) in [6.07, 6.45) is 1.03. The van der Waals surface area contributed by atoms with Gasteiger partial charge < -0.3 is 24.4 Å². The van der Waals surface area contributed by atoms with Gasteiger partial charge in [-0.05, 0) is 26.0 Å². The molecule has 2 aromatic heterocycles. The van der Waals surface area contributed by atoms with Gasteiger partial charge in [-0.25, -0.2) is 4.79 Å². The SMILES string of the molecule is CCOC(=O)N1CCN(C(=O)c2ccnc(C(=O)Nc3cc(C)on3)c2)CC1. The lowest BCUT2D eigenvalue weighted by molar-refractivity contribution is 0.0570. The molecule has 2 aromatic rings. The van der Waals surface area contributed by atoms with E-state index in [1.807, 2.05) is 0 Å². The van der Waals surface area contributed by atoms with E-state index < -0.39 is 5.91 Å². The molecule has 1 N–H and O–H groups in total. The molecule has 0 unspecified atom stereocenters. The molecular formula is C18H21N5O5. The Morgan fingerprint density at radius 1 is 1.18 bits per heavy atom. The highest BCUT2D eigenvalue weighted by molar-refractivity contribution is 6.04. The molecule has 148 valence electrons. The average Bonchev–Trinajstić information content (AvgIpc) is 3.12. The van der Waals surface area contributed by atoms with Crippen molar-refractivity contribution in [1.29, 1.82) is 0 Å². The molecule has 1 aliphatic heterocycles. The molecule has 0 radical (unpaired) electrons. The van der Waals surface area contributed by atoms with Crippen LogP contribution < -0.4 is 5.32 Å². The quantitative estimate of drug-likeness (QED) is 0.845. The number of aryl methyl sites for hydroxylation is 1. The van der Waals surface area contributed by atoms with E-state index in [-0.39, 0.29) is 23.5 Å². The fourth-order valence-electron chi connectivity index (χ4n) is 2.78. The van der Waals surface area contributed by atoms with Crippen molar-refractivity contribution in [3.8, 4) is 0 Å². The van der Waals surface area contributed by atoms with Crippen molar-refractivity contribution >= 4 is 23.7 Å². The van der Waals surface area contributed by atoms with Gasteiger partial charge in [-0.2, -0.15) is 0 Å². The highest BCUT2D eigenvalue weighted by Gasteiger charge is 2.26. The number of carbonyl (C=O) groups is 3. The molecule has 10 heteroatoms. The molecule has 0 spiro atoms. The summed E-state index contributed by atoms with van der Waals surface area (Å²) in [5.74, 6) is 0.123. The maximum absolute atomic E-state index is 12.7. The van der Waals surface area contributed by atoms with E-state index in [9.17, 15) is 14.4 Å². The lowest BCUT2D eigenvalue weighted by atomic mass is 10.1. The molecule has 0 aromatic carbocycles. The number of amides is 3. The summed E-state index contributed by atoms with van der Waals surface area (Å²) < 4.78 is 9.87. The molecule has 3 amide bonds. The Morgan fingerprint density at radius 3 is 2.54 bits per heavy atom. The number of hydrogen-bond acceptors (Lipinski definition) is 7. The van der Waals surface area contributed by atoms with Crippen LogP contribution >= 0.6 is 0 Å². The number of rotatable bonds is 4. The van der Waals surface area contributed by atoms with Gasteiger partial charge in [-0.3, -0.25) is 14.6 Å². The van der Waals surface area contributed by atoms with Crippen LogP contribution in [0.4, 0.5) is 10.6 Å². The zero-order valence-corrected chi connectivity index (χ0v) is 15.7. The lowest BCUT2D eigenvalue weighted by Gasteiger charge is -2.34. The van der Waals surface area contributed by atoms with Crippen LogP contribution in [0.15, 0.2) is 28.9 Å². The number of anilines is 1. The first-order chi connectivity index (χ1) is 13.5. The van der Waals surface area contributed by atoms with Gasteiger partial charge in [0.1, 0.15) is 11.5 Å². The number of aromatic nitrogens is 2. The van der Waals surface area contributed by atoms with Crippen molar-refractivity contribution in [3.05, 3.63) is 41.4 Å². The van der Waals surface area contributed by atoms with E-state index in [4.69, 9.17) is 9.26 Å². The molecule has 3 heterocycles. The maximum atomic E-state index is 12.7. The van der Waals surface area contributed by atoms with Gasteiger partial charge in [-0.1, -0.05) is 5.16 Å².